The molecule has 96 valence electrons. The number of rotatable bonds is 1. The van der Waals surface area contributed by atoms with Crippen molar-refractivity contribution in [3.63, 3.8) is 0 Å². The molecule has 5 heteroatoms. The first-order chi connectivity index (χ1) is 9.13. The first kappa shape index (κ1) is 11.8. The van der Waals surface area contributed by atoms with E-state index >= 15 is 0 Å². The number of nitriles is 1. The third kappa shape index (κ3) is 1.61. The average Bonchev–Trinajstić information content (AvgIpc) is 2.39. The maximum Gasteiger partial charge on any atom is 0.270 e. The summed E-state index contributed by atoms with van der Waals surface area (Å²) in [6.07, 6.45) is 0. The van der Waals surface area contributed by atoms with Crippen LogP contribution in [0.3, 0.4) is 0 Å². The molecule has 1 fully saturated rings. The van der Waals surface area contributed by atoms with E-state index in [0.29, 0.717) is 13.1 Å². The first-order valence-electron chi connectivity index (χ1n) is 6.16. The maximum absolute atomic E-state index is 12.2. The summed E-state index contributed by atoms with van der Waals surface area (Å²) in [5.74, 6) is 0. The van der Waals surface area contributed by atoms with Crippen molar-refractivity contribution in [1.82, 2.24) is 4.57 Å². The van der Waals surface area contributed by atoms with Gasteiger partial charge in [0.25, 0.3) is 5.56 Å². The molecular formula is C14H14N4O. The van der Waals surface area contributed by atoms with Gasteiger partial charge >= 0.3 is 0 Å². The lowest BCUT2D eigenvalue weighted by Crippen LogP contribution is -2.56. The van der Waals surface area contributed by atoms with E-state index in [2.05, 4.69) is 0 Å². The van der Waals surface area contributed by atoms with Gasteiger partial charge in [0, 0.05) is 31.6 Å². The van der Waals surface area contributed by atoms with Crippen LogP contribution in [-0.4, -0.2) is 23.7 Å². The molecule has 2 N–H and O–H groups in total. The molecule has 2 heterocycles. The van der Waals surface area contributed by atoms with Gasteiger partial charge < -0.3 is 15.2 Å². The molecule has 1 aromatic heterocycles. The highest BCUT2D eigenvalue weighted by Gasteiger charge is 2.28. The fourth-order valence-corrected chi connectivity index (χ4v) is 2.60. The number of aryl methyl sites for hydroxylation is 1. The van der Waals surface area contributed by atoms with Gasteiger partial charge in [-0.25, -0.2) is 0 Å². The fourth-order valence-electron chi connectivity index (χ4n) is 2.60. The third-order valence-corrected chi connectivity index (χ3v) is 3.61. The second-order valence-corrected chi connectivity index (χ2v) is 4.88. The molecule has 5 nitrogen and oxygen atoms in total. The number of aromatic nitrogens is 1. The molecule has 2 aromatic rings. The van der Waals surface area contributed by atoms with Gasteiger partial charge in [-0.15, -0.1) is 0 Å². The Morgan fingerprint density at radius 1 is 1.37 bits per heavy atom. The van der Waals surface area contributed by atoms with E-state index in [-0.39, 0.29) is 17.2 Å². The zero-order chi connectivity index (χ0) is 13.6. The first-order valence-corrected chi connectivity index (χ1v) is 6.16. The van der Waals surface area contributed by atoms with Crippen LogP contribution in [0.5, 0.6) is 0 Å². The lowest BCUT2D eigenvalue weighted by Gasteiger charge is -2.39. The number of benzene rings is 1. The van der Waals surface area contributed by atoms with Gasteiger partial charge in [0.15, 0.2) is 0 Å². The normalized spacial score (nSPS) is 15.3. The summed E-state index contributed by atoms with van der Waals surface area (Å²) < 4.78 is 1.52. The lowest BCUT2D eigenvalue weighted by molar-refractivity contribution is 0.520. The van der Waals surface area contributed by atoms with E-state index in [1.54, 1.807) is 7.05 Å². The molecule has 3 rings (SSSR count). The summed E-state index contributed by atoms with van der Waals surface area (Å²) in [6.45, 7) is 1.37. The van der Waals surface area contributed by atoms with Crippen LogP contribution < -0.4 is 16.2 Å². The molecule has 0 unspecified atom stereocenters. The Morgan fingerprint density at radius 3 is 2.68 bits per heavy atom. The standard InChI is InChI=1S/C14H14N4O/c1-17-12-5-3-2-4-10(12)13(11(6-15)14(17)19)18-7-9(16)8-18/h2-5,9H,7-8,16H2,1H3. The smallest absolute Gasteiger partial charge is 0.270 e. The van der Waals surface area contributed by atoms with Crippen molar-refractivity contribution in [2.45, 2.75) is 6.04 Å². The monoisotopic (exact) mass is 254 g/mol. The summed E-state index contributed by atoms with van der Waals surface area (Å²) in [4.78, 5) is 14.3. The van der Waals surface area contributed by atoms with Crippen molar-refractivity contribution in [2.24, 2.45) is 12.8 Å². The third-order valence-electron chi connectivity index (χ3n) is 3.61. The summed E-state index contributed by atoms with van der Waals surface area (Å²) in [5, 5.41) is 10.2. The summed E-state index contributed by atoms with van der Waals surface area (Å²) in [7, 11) is 1.69. The zero-order valence-corrected chi connectivity index (χ0v) is 10.6. The Labute approximate surface area is 110 Å². The Morgan fingerprint density at radius 2 is 2.05 bits per heavy atom. The van der Waals surface area contributed by atoms with Crippen LogP contribution in [0.1, 0.15) is 5.56 Å². The number of nitrogens with zero attached hydrogens (tertiary/aromatic N) is 3. The van der Waals surface area contributed by atoms with Crippen LogP contribution in [0, 0.1) is 11.3 Å². The van der Waals surface area contributed by atoms with E-state index < -0.39 is 0 Å². The second kappa shape index (κ2) is 4.11. The molecule has 0 aliphatic carbocycles. The highest BCUT2D eigenvalue weighted by Crippen LogP contribution is 2.30. The molecule has 1 aromatic carbocycles. The Balaban J connectivity index is 2.38. The van der Waals surface area contributed by atoms with Crippen LogP contribution in [0.25, 0.3) is 10.9 Å². The Bertz CT molecular complexity index is 750. The molecule has 1 aliphatic rings. The molecule has 1 aliphatic heterocycles. The molecule has 0 amide bonds. The number of pyridine rings is 1. The maximum atomic E-state index is 12.2. The van der Waals surface area contributed by atoms with Crippen LogP contribution in [-0.2, 0) is 7.05 Å². The van der Waals surface area contributed by atoms with Gasteiger partial charge in [-0.3, -0.25) is 4.79 Å². The van der Waals surface area contributed by atoms with E-state index in [0.717, 1.165) is 16.6 Å². The molecule has 0 atom stereocenters. The van der Waals surface area contributed by atoms with Gasteiger partial charge in [0.2, 0.25) is 0 Å². The van der Waals surface area contributed by atoms with Gasteiger partial charge in [-0.05, 0) is 6.07 Å². The van der Waals surface area contributed by atoms with Gasteiger partial charge in [-0.2, -0.15) is 5.26 Å². The van der Waals surface area contributed by atoms with Gasteiger partial charge in [0.1, 0.15) is 11.6 Å². The minimum Gasteiger partial charge on any atom is -0.367 e. The van der Waals surface area contributed by atoms with Gasteiger partial charge in [0.05, 0.1) is 11.2 Å². The molecule has 0 spiro atoms. The van der Waals surface area contributed by atoms with Gasteiger partial charge in [-0.1, -0.05) is 18.2 Å². The quantitative estimate of drug-likeness (QED) is 0.806. The van der Waals surface area contributed by atoms with Crippen LogP contribution in [0.4, 0.5) is 5.69 Å². The fraction of sp³-hybridized carbons (Fsp3) is 0.286. The number of nitrogens with two attached hydrogens (primary N) is 1. The predicted octanol–water partition coefficient (Wildman–Crippen LogP) is 0.557. The topological polar surface area (TPSA) is 75.0 Å². The van der Waals surface area contributed by atoms with Crippen molar-refractivity contribution < 1.29 is 0 Å². The van der Waals surface area contributed by atoms with Crippen molar-refractivity contribution in [2.75, 3.05) is 18.0 Å². The number of hydrogen-bond acceptors (Lipinski definition) is 4. The zero-order valence-electron chi connectivity index (χ0n) is 10.6. The van der Waals surface area contributed by atoms with Crippen LogP contribution in [0.15, 0.2) is 29.1 Å². The van der Waals surface area contributed by atoms with Crippen LogP contribution >= 0.6 is 0 Å². The van der Waals surface area contributed by atoms with Crippen molar-refractivity contribution in [3.8, 4) is 6.07 Å². The number of hydrogen-bond donors (Lipinski definition) is 1. The van der Waals surface area contributed by atoms with Crippen LogP contribution in [0.2, 0.25) is 0 Å². The minimum absolute atomic E-state index is 0.120. The number of anilines is 1. The van der Waals surface area contributed by atoms with E-state index in [1.807, 2.05) is 35.2 Å². The lowest BCUT2D eigenvalue weighted by atomic mass is 10.0. The molecule has 0 bridgehead atoms. The Hall–Kier alpha value is -2.32. The highest BCUT2D eigenvalue weighted by atomic mass is 16.1. The largest absolute Gasteiger partial charge is 0.367 e. The van der Waals surface area contributed by atoms with Crippen molar-refractivity contribution >= 4 is 16.6 Å². The van der Waals surface area contributed by atoms with E-state index in [1.165, 1.54) is 4.57 Å². The van der Waals surface area contributed by atoms with Crippen molar-refractivity contribution in [3.05, 3.63) is 40.2 Å². The summed E-state index contributed by atoms with van der Waals surface area (Å²) in [5.41, 5.74) is 7.31. The van der Waals surface area contributed by atoms with Crippen molar-refractivity contribution in [1.29, 1.82) is 5.26 Å². The highest BCUT2D eigenvalue weighted by molar-refractivity contribution is 5.95. The number of para-hydroxylation sites is 1. The molecular weight excluding hydrogens is 240 g/mol. The molecule has 0 radical (unpaired) electrons. The predicted molar refractivity (Wildman–Crippen MR) is 74.1 cm³/mol. The molecule has 19 heavy (non-hydrogen) atoms. The second-order valence-electron chi connectivity index (χ2n) is 4.88. The average molecular weight is 254 g/mol. The summed E-state index contributed by atoms with van der Waals surface area (Å²) in [6, 6.07) is 9.80. The SMILES string of the molecule is Cn1c(=O)c(C#N)c(N2CC(N)C2)c2ccccc21. The summed E-state index contributed by atoms with van der Waals surface area (Å²) >= 11 is 0. The van der Waals surface area contributed by atoms with E-state index in [4.69, 9.17) is 5.73 Å². The number of fused-ring (bicyclic) bond motifs is 1. The van der Waals surface area contributed by atoms with E-state index in [9.17, 15) is 10.1 Å². The molecule has 0 saturated carbocycles. The Kier molecular flexibility index (Phi) is 2.54. The minimum atomic E-state index is -0.253. The molecule has 1 saturated heterocycles.